The average Bonchev–Trinajstić information content (AvgIpc) is 2.91. The summed E-state index contributed by atoms with van der Waals surface area (Å²) in [4.78, 5) is 40.5. The van der Waals surface area contributed by atoms with E-state index in [0.717, 1.165) is 17.5 Å². The van der Waals surface area contributed by atoms with Gasteiger partial charge in [-0.25, -0.2) is 4.79 Å². The predicted octanol–water partition coefficient (Wildman–Crippen LogP) is 6.29. The number of carbonyl (C=O) groups is 3. The molecule has 1 fully saturated rings. The molecule has 1 saturated heterocycles. The third kappa shape index (κ3) is 6.65. The fraction of sp³-hybridized carbons (Fsp3) is 0.344. The number of amides is 4. The van der Waals surface area contributed by atoms with Gasteiger partial charge in [-0.3, -0.25) is 9.59 Å². The fourth-order valence-electron chi connectivity index (χ4n) is 5.60. The van der Waals surface area contributed by atoms with Crippen LogP contribution in [-0.4, -0.2) is 41.9 Å². The van der Waals surface area contributed by atoms with Crippen molar-refractivity contribution in [2.24, 2.45) is 17.1 Å². The number of likely N-dealkylation sites (tertiary alicyclic amines) is 1. The lowest BCUT2D eigenvalue weighted by Gasteiger charge is -2.45. The molecule has 0 aromatic heterocycles. The lowest BCUT2D eigenvalue weighted by atomic mass is 9.70. The van der Waals surface area contributed by atoms with E-state index in [2.05, 4.69) is 36.6 Å². The molecule has 0 spiro atoms. The summed E-state index contributed by atoms with van der Waals surface area (Å²) in [6.07, 6.45) is 0.833. The molecule has 2 atom stereocenters. The summed E-state index contributed by atoms with van der Waals surface area (Å²) in [5.41, 5.74) is 8.86. The Hall–Kier alpha value is -3.84. The highest BCUT2D eigenvalue weighted by atomic mass is 35.5. The van der Waals surface area contributed by atoms with Crippen molar-refractivity contribution < 1.29 is 14.4 Å². The fourth-order valence-corrected chi connectivity index (χ4v) is 5.72. The molecule has 0 saturated carbocycles. The number of anilines is 1. The van der Waals surface area contributed by atoms with E-state index in [-0.39, 0.29) is 23.1 Å². The van der Waals surface area contributed by atoms with E-state index in [1.54, 1.807) is 30.3 Å². The highest BCUT2D eigenvalue weighted by Gasteiger charge is 2.40. The van der Waals surface area contributed by atoms with E-state index in [9.17, 15) is 14.4 Å². The molecule has 8 heteroatoms. The van der Waals surface area contributed by atoms with Crippen LogP contribution in [0.2, 0.25) is 5.02 Å². The van der Waals surface area contributed by atoms with Crippen LogP contribution in [-0.2, 0) is 4.79 Å². The normalized spacial score (nSPS) is 17.2. The Kier molecular flexibility index (Phi) is 8.84. The standard InChI is InChI=1S/C32H37ClN4O3/c1-20(2)28(30(39)37-17-16-26(32(3,4)19-37)21-12-14-24(33)15-13-21)36-29(38)23-9-7-8-22(18-23)25-10-5-6-11-27(25)35-31(34)40/h5-15,18,20,26,28H,16-17,19H2,1-4H3,(H,36,38)(H3,34,35,40). The molecular formula is C32H37ClN4O3. The van der Waals surface area contributed by atoms with E-state index in [1.165, 1.54) is 5.56 Å². The summed E-state index contributed by atoms with van der Waals surface area (Å²) < 4.78 is 0. The number of primary amides is 1. The second kappa shape index (κ2) is 12.1. The summed E-state index contributed by atoms with van der Waals surface area (Å²) in [5, 5.41) is 6.33. The van der Waals surface area contributed by atoms with Crippen molar-refractivity contribution in [1.29, 1.82) is 0 Å². The van der Waals surface area contributed by atoms with Gasteiger partial charge in [0, 0.05) is 29.2 Å². The van der Waals surface area contributed by atoms with Gasteiger partial charge < -0.3 is 21.3 Å². The molecule has 0 radical (unpaired) electrons. The first-order valence-corrected chi connectivity index (χ1v) is 13.9. The Morgan fingerprint density at radius 3 is 2.35 bits per heavy atom. The van der Waals surface area contributed by atoms with Crippen LogP contribution in [0, 0.1) is 11.3 Å². The molecule has 210 valence electrons. The highest BCUT2D eigenvalue weighted by Crippen LogP contribution is 2.42. The maximum absolute atomic E-state index is 13.8. The van der Waals surface area contributed by atoms with Crippen LogP contribution in [0.1, 0.15) is 56.0 Å². The maximum Gasteiger partial charge on any atom is 0.316 e. The summed E-state index contributed by atoms with van der Waals surface area (Å²) in [5.74, 6) is -0.199. The quantitative estimate of drug-likeness (QED) is 0.316. The molecule has 4 rings (SSSR count). The first-order chi connectivity index (χ1) is 19.0. The molecule has 0 bridgehead atoms. The Balaban J connectivity index is 1.50. The largest absolute Gasteiger partial charge is 0.351 e. The van der Waals surface area contributed by atoms with Crippen LogP contribution >= 0.6 is 11.6 Å². The van der Waals surface area contributed by atoms with Gasteiger partial charge in [0.05, 0.1) is 5.69 Å². The summed E-state index contributed by atoms with van der Waals surface area (Å²) in [6, 6.07) is 21.0. The number of nitrogens with one attached hydrogen (secondary N) is 2. The van der Waals surface area contributed by atoms with Gasteiger partial charge in [-0.2, -0.15) is 0 Å². The number of carbonyl (C=O) groups excluding carboxylic acids is 3. The zero-order chi connectivity index (χ0) is 29.0. The number of urea groups is 1. The molecule has 0 aliphatic carbocycles. The smallest absolute Gasteiger partial charge is 0.316 e. The van der Waals surface area contributed by atoms with Gasteiger partial charge in [-0.15, -0.1) is 0 Å². The molecule has 3 aromatic carbocycles. The molecule has 1 aliphatic heterocycles. The van der Waals surface area contributed by atoms with Crippen LogP contribution in [0.25, 0.3) is 11.1 Å². The Morgan fingerprint density at radius 1 is 1.00 bits per heavy atom. The van der Waals surface area contributed by atoms with E-state index in [0.29, 0.717) is 35.3 Å². The summed E-state index contributed by atoms with van der Waals surface area (Å²) in [6.45, 7) is 9.47. The van der Waals surface area contributed by atoms with E-state index in [4.69, 9.17) is 17.3 Å². The van der Waals surface area contributed by atoms with Crippen molar-refractivity contribution in [1.82, 2.24) is 10.2 Å². The Labute approximate surface area is 241 Å². The molecule has 1 heterocycles. The minimum atomic E-state index is -0.667. The summed E-state index contributed by atoms with van der Waals surface area (Å²) >= 11 is 6.09. The third-order valence-corrected chi connectivity index (χ3v) is 7.91. The zero-order valence-electron chi connectivity index (χ0n) is 23.4. The number of para-hydroxylation sites is 1. The van der Waals surface area contributed by atoms with E-state index >= 15 is 0 Å². The number of hydrogen-bond donors (Lipinski definition) is 3. The van der Waals surface area contributed by atoms with Crippen molar-refractivity contribution in [2.75, 3.05) is 18.4 Å². The molecule has 1 aliphatic rings. The second-order valence-corrected chi connectivity index (χ2v) is 11.9. The van der Waals surface area contributed by atoms with Crippen LogP contribution in [0.15, 0.2) is 72.8 Å². The van der Waals surface area contributed by atoms with E-state index < -0.39 is 12.1 Å². The number of nitrogens with two attached hydrogens (primary N) is 1. The second-order valence-electron chi connectivity index (χ2n) is 11.5. The first kappa shape index (κ1) is 29.2. The Bertz CT molecular complexity index is 1390. The van der Waals surface area contributed by atoms with Crippen molar-refractivity contribution >= 4 is 35.1 Å². The van der Waals surface area contributed by atoms with Crippen LogP contribution < -0.4 is 16.4 Å². The van der Waals surface area contributed by atoms with Crippen molar-refractivity contribution in [2.45, 2.75) is 46.1 Å². The molecule has 4 amide bonds. The monoisotopic (exact) mass is 560 g/mol. The van der Waals surface area contributed by atoms with Gasteiger partial charge >= 0.3 is 6.03 Å². The summed E-state index contributed by atoms with van der Waals surface area (Å²) in [7, 11) is 0. The number of piperidine rings is 1. The van der Waals surface area contributed by atoms with Gasteiger partial charge in [0.25, 0.3) is 5.91 Å². The predicted molar refractivity (Wildman–Crippen MR) is 160 cm³/mol. The van der Waals surface area contributed by atoms with E-state index in [1.807, 2.05) is 49.1 Å². The number of halogens is 1. The van der Waals surface area contributed by atoms with Crippen LogP contribution in [0.5, 0.6) is 0 Å². The number of benzene rings is 3. The third-order valence-electron chi connectivity index (χ3n) is 7.65. The van der Waals surface area contributed by atoms with Crippen LogP contribution in [0.4, 0.5) is 10.5 Å². The molecule has 4 N–H and O–H groups in total. The van der Waals surface area contributed by atoms with Gasteiger partial charge in [-0.05, 0) is 65.1 Å². The lowest BCUT2D eigenvalue weighted by Crippen LogP contribution is -2.55. The van der Waals surface area contributed by atoms with Crippen molar-refractivity contribution in [3.05, 3.63) is 88.9 Å². The minimum Gasteiger partial charge on any atom is -0.351 e. The number of nitrogens with zero attached hydrogens (tertiary/aromatic N) is 1. The highest BCUT2D eigenvalue weighted by molar-refractivity contribution is 6.30. The number of hydrogen-bond acceptors (Lipinski definition) is 3. The average molecular weight is 561 g/mol. The molecule has 7 nitrogen and oxygen atoms in total. The van der Waals surface area contributed by atoms with Crippen molar-refractivity contribution in [3.8, 4) is 11.1 Å². The maximum atomic E-state index is 13.8. The SMILES string of the molecule is CC(C)C(NC(=O)c1cccc(-c2ccccc2NC(N)=O)c1)C(=O)N1CCC(c2ccc(Cl)cc2)C(C)(C)C1. The van der Waals surface area contributed by atoms with Crippen LogP contribution in [0.3, 0.4) is 0 Å². The molecular weight excluding hydrogens is 524 g/mol. The van der Waals surface area contributed by atoms with Crippen molar-refractivity contribution in [3.63, 3.8) is 0 Å². The minimum absolute atomic E-state index is 0.0712. The first-order valence-electron chi connectivity index (χ1n) is 13.6. The lowest BCUT2D eigenvalue weighted by molar-refractivity contribution is -0.137. The Morgan fingerprint density at radius 2 is 1.70 bits per heavy atom. The topological polar surface area (TPSA) is 105 Å². The van der Waals surface area contributed by atoms with Gasteiger partial charge in [0.15, 0.2) is 0 Å². The van der Waals surface area contributed by atoms with Gasteiger partial charge in [0.1, 0.15) is 6.04 Å². The van der Waals surface area contributed by atoms with Gasteiger partial charge in [-0.1, -0.05) is 81.8 Å². The zero-order valence-corrected chi connectivity index (χ0v) is 24.2. The molecule has 40 heavy (non-hydrogen) atoms. The van der Waals surface area contributed by atoms with Gasteiger partial charge in [0.2, 0.25) is 5.91 Å². The molecule has 2 unspecified atom stereocenters. The number of rotatable bonds is 7. The molecule has 3 aromatic rings.